The van der Waals surface area contributed by atoms with Gasteiger partial charge in [-0.1, -0.05) is 25.4 Å². The van der Waals surface area contributed by atoms with E-state index in [1.165, 1.54) is 6.07 Å². The summed E-state index contributed by atoms with van der Waals surface area (Å²) in [7, 11) is 0. The zero-order chi connectivity index (χ0) is 18.3. The second-order valence-electron chi connectivity index (χ2n) is 5.85. The van der Waals surface area contributed by atoms with Crippen LogP contribution >= 0.6 is 36.4 Å². The van der Waals surface area contributed by atoms with Gasteiger partial charge in [-0.15, -0.1) is 24.8 Å². The van der Waals surface area contributed by atoms with E-state index < -0.39 is 17.8 Å². The van der Waals surface area contributed by atoms with E-state index in [2.05, 4.69) is 10.6 Å². The van der Waals surface area contributed by atoms with Crippen LogP contribution in [-0.4, -0.2) is 25.0 Å². The molecule has 0 aromatic heterocycles. The van der Waals surface area contributed by atoms with E-state index in [0.717, 1.165) is 25.0 Å². The molecule has 1 atom stereocenters. The molecule has 0 aliphatic rings. The highest BCUT2D eigenvalue weighted by molar-refractivity contribution is 6.33. The van der Waals surface area contributed by atoms with Crippen LogP contribution in [-0.2, 0) is 11.0 Å². The van der Waals surface area contributed by atoms with Crippen LogP contribution in [0.3, 0.4) is 0 Å². The zero-order valence-electron chi connectivity index (χ0n) is 14.5. The maximum Gasteiger partial charge on any atom is 0.416 e. The average molecular weight is 439 g/mol. The summed E-state index contributed by atoms with van der Waals surface area (Å²) in [6.45, 7) is 4.74. The summed E-state index contributed by atoms with van der Waals surface area (Å²) in [6.07, 6.45) is -2.88. The van der Waals surface area contributed by atoms with Crippen molar-refractivity contribution in [3.8, 4) is 0 Å². The first-order chi connectivity index (χ1) is 11.2. The summed E-state index contributed by atoms with van der Waals surface area (Å²) < 4.78 is 38.0. The Morgan fingerprint density at radius 1 is 1.23 bits per heavy atom. The summed E-state index contributed by atoms with van der Waals surface area (Å²) in [5.41, 5.74) is 4.86. The molecule has 10 heteroatoms. The van der Waals surface area contributed by atoms with Crippen molar-refractivity contribution in [3.05, 3.63) is 28.8 Å². The highest BCUT2D eigenvalue weighted by Crippen LogP contribution is 2.34. The maximum absolute atomic E-state index is 12.7. The number of halogens is 6. The first-order valence-electron chi connectivity index (χ1n) is 7.78. The number of unbranched alkanes of at least 4 members (excludes halogenated alkanes) is 1. The van der Waals surface area contributed by atoms with Crippen molar-refractivity contribution in [3.63, 3.8) is 0 Å². The largest absolute Gasteiger partial charge is 0.416 e. The molecule has 0 saturated carbocycles. The zero-order valence-corrected chi connectivity index (χ0v) is 16.9. The molecular weight excluding hydrogens is 414 g/mol. The van der Waals surface area contributed by atoms with Gasteiger partial charge in [0.25, 0.3) is 0 Å². The molecule has 1 unspecified atom stereocenters. The number of carbonyl (C=O) groups excluding carboxylic acids is 1. The van der Waals surface area contributed by atoms with Gasteiger partial charge in [-0.2, -0.15) is 13.2 Å². The normalized spacial score (nSPS) is 12.0. The van der Waals surface area contributed by atoms with Gasteiger partial charge in [0.1, 0.15) is 6.04 Å². The van der Waals surface area contributed by atoms with Gasteiger partial charge in [0, 0.05) is 6.54 Å². The van der Waals surface area contributed by atoms with E-state index in [4.69, 9.17) is 17.3 Å². The molecule has 4 N–H and O–H groups in total. The smallest absolute Gasteiger partial charge is 0.372 e. The van der Waals surface area contributed by atoms with E-state index in [9.17, 15) is 18.0 Å². The van der Waals surface area contributed by atoms with Crippen LogP contribution in [0.4, 0.5) is 18.9 Å². The minimum Gasteiger partial charge on any atom is -0.372 e. The molecule has 0 spiro atoms. The number of alkyl halides is 3. The van der Waals surface area contributed by atoms with Gasteiger partial charge in [0.05, 0.1) is 16.3 Å². The molecule has 1 aromatic carbocycles. The topological polar surface area (TPSA) is 67.2 Å². The maximum atomic E-state index is 12.7. The number of hydrogen-bond acceptors (Lipinski definition) is 3. The Balaban J connectivity index is 0. The molecule has 1 amide bonds. The Bertz CT molecular complexity index is 557. The van der Waals surface area contributed by atoms with Crippen LogP contribution in [0, 0.1) is 5.92 Å². The van der Waals surface area contributed by atoms with Crippen LogP contribution in [0.25, 0.3) is 0 Å². The molecule has 26 heavy (non-hydrogen) atoms. The van der Waals surface area contributed by atoms with Gasteiger partial charge in [-0.05, 0) is 43.5 Å². The molecule has 0 aliphatic heterocycles. The molecule has 0 aliphatic carbocycles. The molecule has 0 saturated heterocycles. The van der Waals surface area contributed by atoms with Crippen LogP contribution in [0.15, 0.2) is 18.2 Å². The quantitative estimate of drug-likeness (QED) is 0.524. The number of rotatable bonds is 8. The van der Waals surface area contributed by atoms with E-state index in [0.29, 0.717) is 18.8 Å². The molecule has 4 nitrogen and oxygen atoms in total. The van der Waals surface area contributed by atoms with Gasteiger partial charge < -0.3 is 16.4 Å². The highest BCUT2D eigenvalue weighted by atomic mass is 35.5. The van der Waals surface area contributed by atoms with Crippen LogP contribution in [0.5, 0.6) is 0 Å². The number of benzene rings is 1. The third-order valence-electron chi connectivity index (χ3n) is 3.49. The van der Waals surface area contributed by atoms with Gasteiger partial charge >= 0.3 is 6.18 Å². The Kier molecular flexibility index (Phi) is 13.1. The lowest BCUT2D eigenvalue weighted by Crippen LogP contribution is -2.43. The number of nitrogens with one attached hydrogen (secondary N) is 2. The Hall–Kier alpha value is -0.890. The second-order valence-corrected chi connectivity index (χ2v) is 6.25. The van der Waals surface area contributed by atoms with Gasteiger partial charge in [-0.3, -0.25) is 4.79 Å². The molecule has 0 heterocycles. The van der Waals surface area contributed by atoms with Crippen molar-refractivity contribution in [2.24, 2.45) is 11.7 Å². The number of hydrogen-bond donors (Lipinski definition) is 3. The molecule has 1 rings (SSSR count). The fourth-order valence-electron chi connectivity index (χ4n) is 2.10. The predicted octanol–water partition coefficient (Wildman–Crippen LogP) is 4.49. The molecule has 0 bridgehead atoms. The fourth-order valence-corrected chi connectivity index (χ4v) is 2.34. The molecule has 1 aromatic rings. The number of anilines is 1. The summed E-state index contributed by atoms with van der Waals surface area (Å²) in [5.74, 6) is -0.296. The fraction of sp³-hybridized carbons (Fsp3) is 0.562. The van der Waals surface area contributed by atoms with E-state index in [1.54, 1.807) is 0 Å². The summed E-state index contributed by atoms with van der Waals surface area (Å²) >= 11 is 5.93. The molecule has 0 fully saturated rings. The van der Waals surface area contributed by atoms with Gasteiger partial charge in [-0.25, -0.2) is 0 Å². The van der Waals surface area contributed by atoms with Crippen molar-refractivity contribution < 1.29 is 18.0 Å². The van der Waals surface area contributed by atoms with Crippen LogP contribution in [0.2, 0.25) is 5.02 Å². The first-order valence-corrected chi connectivity index (χ1v) is 8.15. The van der Waals surface area contributed by atoms with E-state index >= 15 is 0 Å². The van der Waals surface area contributed by atoms with Crippen LogP contribution in [0.1, 0.15) is 32.3 Å². The molecule has 152 valence electrons. The lowest BCUT2D eigenvalue weighted by Gasteiger charge is -2.23. The van der Waals surface area contributed by atoms with Crippen molar-refractivity contribution in [1.29, 1.82) is 0 Å². The minimum atomic E-state index is -4.46. The predicted molar refractivity (Wildman–Crippen MR) is 104 cm³/mol. The summed E-state index contributed by atoms with van der Waals surface area (Å²) in [4.78, 5) is 12.3. The summed E-state index contributed by atoms with van der Waals surface area (Å²) in [5, 5.41) is 5.65. The lowest BCUT2D eigenvalue weighted by molar-refractivity contribution is -0.137. The number of nitrogens with two attached hydrogens (primary N) is 1. The third kappa shape index (κ3) is 8.66. The first kappa shape index (κ1) is 27.3. The molecule has 0 radical (unpaired) electrons. The van der Waals surface area contributed by atoms with E-state index in [-0.39, 0.29) is 41.7 Å². The average Bonchev–Trinajstić information content (AvgIpc) is 2.48. The third-order valence-corrected chi connectivity index (χ3v) is 3.80. The number of carbonyl (C=O) groups is 1. The van der Waals surface area contributed by atoms with Crippen molar-refractivity contribution in [2.45, 2.75) is 38.9 Å². The Morgan fingerprint density at radius 2 is 1.85 bits per heavy atom. The second kappa shape index (κ2) is 12.5. The number of amides is 1. The van der Waals surface area contributed by atoms with Gasteiger partial charge in [0.15, 0.2) is 0 Å². The molecular formula is C16H25Cl3F3N3O. The lowest BCUT2D eigenvalue weighted by atomic mass is 10.0. The summed E-state index contributed by atoms with van der Waals surface area (Å²) in [6, 6.07) is 2.42. The van der Waals surface area contributed by atoms with Crippen molar-refractivity contribution in [1.82, 2.24) is 5.32 Å². The van der Waals surface area contributed by atoms with Gasteiger partial charge in [0.2, 0.25) is 5.91 Å². The van der Waals surface area contributed by atoms with Crippen molar-refractivity contribution in [2.75, 3.05) is 18.4 Å². The Morgan fingerprint density at radius 3 is 2.31 bits per heavy atom. The van der Waals surface area contributed by atoms with Crippen LogP contribution < -0.4 is 16.4 Å². The van der Waals surface area contributed by atoms with Crippen molar-refractivity contribution >= 4 is 48.0 Å². The Labute approximate surface area is 169 Å². The SMILES string of the molecule is CC(C)C(Nc1ccc(C(F)(F)F)cc1Cl)C(=O)NCCCCN.Cl.Cl. The van der Waals surface area contributed by atoms with E-state index in [1.807, 2.05) is 13.8 Å². The standard InChI is InChI=1S/C16H23ClF3N3O.2ClH/c1-10(2)14(15(24)22-8-4-3-7-21)23-13-6-5-11(9-12(13)17)16(18,19)20;;/h5-6,9-10,14,23H,3-4,7-8,21H2,1-2H3,(H,22,24);2*1H. The monoisotopic (exact) mass is 437 g/mol. The minimum absolute atomic E-state index is 0. The highest BCUT2D eigenvalue weighted by Gasteiger charge is 2.31.